The summed E-state index contributed by atoms with van der Waals surface area (Å²) >= 11 is 0. The molecule has 0 spiro atoms. The van der Waals surface area contributed by atoms with Crippen LogP contribution in [0.5, 0.6) is 0 Å². The standard InChI is InChI=1S/C31H29F3N6O/c32-23-9-5-21(6-10-23)30(22-7-11-24(33)12-8-22)39-17-15-38(16-18-39)28(41)20-36-31-29(25-3-1-2-4-26(25)34)37-27-19-35-13-14-40(27)31/h1-7,9-14,19,22,30,36H,8,15-18,20H2. The third kappa shape index (κ3) is 5.60. The Morgan fingerprint density at radius 1 is 1.02 bits per heavy atom. The third-order valence-corrected chi connectivity index (χ3v) is 7.73. The van der Waals surface area contributed by atoms with Crippen LogP contribution in [-0.4, -0.2) is 62.8 Å². The number of hydrogen-bond donors (Lipinski definition) is 1. The molecule has 2 unspecified atom stereocenters. The zero-order valence-corrected chi connectivity index (χ0v) is 22.3. The summed E-state index contributed by atoms with van der Waals surface area (Å²) in [5, 5.41) is 3.19. The van der Waals surface area contributed by atoms with Gasteiger partial charge >= 0.3 is 0 Å². The molecule has 41 heavy (non-hydrogen) atoms. The van der Waals surface area contributed by atoms with Crippen molar-refractivity contribution in [1.29, 1.82) is 0 Å². The van der Waals surface area contributed by atoms with Crippen LogP contribution >= 0.6 is 0 Å². The molecular formula is C31H29F3N6O. The van der Waals surface area contributed by atoms with Crippen molar-refractivity contribution in [3.8, 4) is 11.3 Å². The van der Waals surface area contributed by atoms with Gasteiger partial charge in [0.25, 0.3) is 0 Å². The van der Waals surface area contributed by atoms with Gasteiger partial charge in [-0.05, 0) is 48.4 Å². The van der Waals surface area contributed by atoms with Crippen LogP contribution in [0, 0.1) is 17.6 Å². The first-order valence-corrected chi connectivity index (χ1v) is 13.6. The maximum absolute atomic E-state index is 14.7. The van der Waals surface area contributed by atoms with E-state index in [4.69, 9.17) is 0 Å². The summed E-state index contributed by atoms with van der Waals surface area (Å²) in [6, 6.07) is 12.8. The molecular weight excluding hydrogens is 529 g/mol. The summed E-state index contributed by atoms with van der Waals surface area (Å²) in [7, 11) is 0. The first kappa shape index (κ1) is 26.8. The Kier molecular flexibility index (Phi) is 7.56. The average Bonchev–Trinajstić information content (AvgIpc) is 3.37. The van der Waals surface area contributed by atoms with Crippen molar-refractivity contribution in [3.63, 3.8) is 0 Å². The van der Waals surface area contributed by atoms with Gasteiger partial charge in [0.1, 0.15) is 29.0 Å². The molecule has 1 saturated heterocycles. The monoisotopic (exact) mass is 558 g/mol. The molecule has 1 fully saturated rings. The van der Waals surface area contributed by atoms with Crippen molar-refractivity contribution < 1.29 is 18.0 Å². The van der Waals surface area contributed by atoms with Crippen LogP contribution in [0.4, 0.5) is 19.0 Å². The lowest BCUT2D eigenvalue weighted by Crippen LogP contribution is -2.51. The quantitative estimate of drug-likeness (QED) is 0.329. The second kappa shape index (κ2) is 11.6. The van der Waals surface area contributed by atoms with E-state index in [9.17, 15) is 18.0 Å². The Morgan fingerprint density at radius 3 is 2.54 bits per heavy atom. The lowest BCUT2D eigenvalue weighted by atomic mass is 9.86. The van der Waals surface area contributed by atoms with E-state index in [1.807, 2.05) is 6.08 Å². The number of nitrogens with one attached hydrogen (secondary N) is 1. The minimum atomic E-state index is -0.406. The van der Waals surface area contributed by atoms with Gasteiger partial charge in [-0.2, -0.15) is 0 Å². The number of carbonyl (C=O) groups excluding carboxylic acids is 1. The highest BCUT2D eigenvalue weighted by molar-refractivity contribution is 5.84. The predicted octanol–water partition coefficient (Wildman–Crippen LogP) is 5.40. The van der Waals surface area contributed by atoms with Crippen molar-refractivity contribution >= 4 is 17.4 Å². The Hall–Kier alpha value is -4.44. The fourth-order valence-corrected chi connectivity index (χ4v) is 5.67. The van der Waals surface area contributed by atoms with Crippen molar-refractivity contribution in [1.82, 2.24) is 24.2 Å². The number of fused-ring (bicyclic) bond motifs is 1. The van der Waals surface area contributed by atoms with Crippen molar-refractivity contribution in [2.45, 2.75) is 12.5 Å². The second-order valence-electron chi connectivity index (χ2n) is 10.2. The van der Waals surface area contributed by atoms with Crippen molar-refractivity contribution in [2.24, 2.45) is 5.92 Å². The minimum absolute atomic E-state index is 0.00833. The summed E-state index contributed by atoms with van der Waals surface area (Å²) in [5.74, 6) is -0.501. The van der Waals surface area contributed by atoms with Gasteiger partial charge in [-0.1, -0.05) is 30.3 Å². The van der Waals surface area contributed by atoms with Crippen LogP contribution in [0.2, 0.25) is 0 Å². The number of carbonyl (C=O) groups is 1. The molecule has 2 aromatic heterocycles. The number of halogens is 3. The zero-order valence-electron chi connectivity index (χ0n) is 22.3. The van der Waals surface area contributed by atoms with Gasteiger partial charge in [0.05, 0.1) is 12.7 Å². The molecule has 1 N–H and O–H groups in total. The van der Waals surface area contributed by atoms with Gasteiger partial charge < -0.3 is 10.2 Å². The second-order valence-corrected chi connectivity index (χ2v) is 10.2. The van der Waals surface area contributed by atoms with Gasteiger partial charge in [-0.15, -0.1) is 0 Å². The zero-order chi connectivity index (χ0) is 28.3. The Balaban J connectivity index is 1.15. The molecule has 2 aliphatic rings. The maximum atomic E-state index is 14.7. The summed E-state index contributed by atoms with van der Waals surface area (Å²) in [6.45, 7) is 2.26. The van der Waals surface area contributed by atoms with Crippen LogP contribution in [0.1, 0.15) is 18.0 Å². The lowest BCUT2D eigenvalue weighted by molar-refractivity contribution is -0.131. The molecule has 4 aromatic rings. The molecule has 0 saturated carbocycles. The summed E-state index contributed by atoms with van der Waals surface area (Å²) in [4.78, 5) is 26.0. The van der Waals surface area contributed by atoms with Gasteiger partial charge in [0.15, 0.2) is 5.65 Å². The van der Waals surface area contributed by atoms with E-state index in [1.165, 1.54) is 24.3 Å². The van der Waals surface area contributed by atoms with E-state index in [0.717, 1.165) is 5.56 Å². The summed E-state index contributed by atoms with van der Waals surface area (Å²) < 4.78 is 43.8. The van der Waals surface area contributed by atoms with Gasteiger partial charge in [0.2, 0.25) is 5.91 Å². The average molecular weight is 559 g/mol. The van der Waals surface area contributed by atoms with E-state index in [0.29, 0.717) is 55.3 Å². The summed E-state index contributed by atoms with van der Waals surface area (Å²) in [5.41, 5.74) is 2.23. The van der Waals surface area contributed by atoms with E-state index in [-0.39, 0.29) is 36.1 Å². The highest BCUT2D eigenvalue weighted by Gasteiger charge is 2.32. The minimum Gasteiger partial charge on any atom is -0.360 e. The molecule has 3 heterocycles. The number of allylic oxidation sites excluding steroid dienone is 3. The molecule has 1 amide bonds. The third-order valence-electron chi connectivity index (χ3n) is 7.73. The summed E-state index contributed by atoms with van der Waals surface area (Å²) in [6.07, 6.45) is 10.4. The van der Waals surface area contributed by atoms with E-state index >= 15 is 0 Å². The number of hydrogen-bond acceptors (Lipinski definition) is 5. The molecule has 1 aliphatic carbocycles. The molecule has 7 nitrogen and oxygen atoms in total. The van der Waals surface area contributed by atoms with Crippen molar-refractivity contribution in [2.75, 3.05) is 38.0 Å². The highest BCUT2D eigenvalue weighted by atomic mass is 19.1. The fraction of sp³-hybridized carbons (Fsp3) is 0.258. The van der Waals surface area contributed by atoms with Crippen molar-refractivity contribution in [3.05, 3.63) is 108 Å². The molecule has 1 aliphatic heterocycles. The van der Waals surface area contributed by atoms with Crippen LogP contribution < -0.4 is 5.32 Å². The number of imidazole rings is 1. The largest absolute Gasteiger partial charge is 0.360 e. The molecule has 0 radical (unpaired) electrons. The number of amides is 1. The topological polar surface area (TPSA) is 65.8 Å². The SMILES string of the molecule is O=C(CNc1c(-c2ccccc2F)nc2cnccn12)N1CCN(C(c2ccc(F)cc2)C2C=CC(F)=CC2)CC1. The van der Waals surface area contributed by atoms with E-state index < -0.39 is 5.82 Å². The molecule has 6 rings (SSSR count). The number of rotatable bonds is 7. The van der Waals surface area contributed by atoms with E-state index in [1.54, 1.807) is 64.3 Å². The van der Waals surface area contributed by atoms with Crippen LogP contribution in [-0.2, 0) is 4.79 Å². The van der Waals surface area contributed by atoms with Crippen LogP contribution in [0.25, 0.3) is 16.9 Å². The first-order valence-electron chi connectivity index (χ1n) is 13.6. The number of nitrogens with zero attached hydrogens (tertiary/aromatic N) is 5. The molecule has 0 bridgehead atoms. The highest BCUT2D eigenvalue weighted by Crippen LogP contribution is 2.36. The van der Waals surface area contributed by atoms with Crippen LogP contribution in [0.3, 0.4) is 0 Å². The van der Waals surface area contributed by atoms with Gasteiger partial charge in [-0.3, -0.25) is 19.1 Å². The van der Waals surface area contributed by atoms with Gasteiger partial charge in [0, 0.05) is 56.1 Å². The van der Waals surface area contributed by atoms with Crippen LogP contribution in [0.15, 0.2) is 91.2 Å². The number of benzene rings is 2. The lowest BCUT2D eigenvalue weighted by Gasteiger charge is -2.42. The predicted molar refractivity (Wildman–Crippen MR) is 151 cm³/mol. The number of aromatic nitrogens is 3. The molecule has 2 aromatic carbocycles. The Bertz CT molecular complexity index is 1610. The van der Waals surface area contributed by atoms with E-state index in [2.05, 4.69) is 20.2 Å². The maximum Gasteiger partial charge on any atom is 0.242 e. The molecule has 2 atom stereocenters. The number of anilines is 1. The molecule has 10 heteroatoms. The smallest absolute Gasteiger partial charge is 0.242 e. The fourth-order valence-electron chi connectivity index (χ4n) is 5.67. The normalized spacial score (nSPS) is 18.4. The Labute approximate surface area is 235 Å². The first-order chi connectivity index (χ1) is 20.0. The molecule has 210 valence electrons. The Morgan fingerprint density at radius 2 is 1.80 bits per heavy atom. The van der Waals surface area contributed by atoms with Gasteiger partial charge in [-0.25, -0.2) is 18.2 Å². The number of piperazine rings is 1.